The van der Waals surface area contributed by atoms with Crippen molar-refractivity contribution in [2.45, 2.75) is 56.6 Å². The van der Waals surface area contributed by atoms with Gasteiger partial charge < -0.3 is 5.32 Å². The van der Waals surface area contributed by atoms with E-state index >= 15 is 0 Å². The van der Waals surface area contributed by atoms with E-state index in [1.165, 1.54) is 36.6 Å². The first kappa shape index (κ1) is 19.8. The zero-order valence-corrected chi connectivity index (χ0v) is 17.6. The molecule has 6 nitrogen and oxygen atoms in total. The van der Waals surface area contributed by atoms with Crippen LogP contribution in [0.25, 0.3) is 0 Å². The lowest BCUT2D eigenvalue weighted by Crippen LogP contribution is -2.25. The second-order valence-electron chi connectivity index (χ2n) is 7.60. The van der Waals surface area contributed by atoms with Crippen LogP contribution in [0.5, 0.6) is 0 Å². The Morgan fingerprint density at radius 2 is 1.83 bits per heavy atom. The minimum atomic E-state index is -0.00292. The van der Waals surface area contributed by atoms with Crippen LogP contribution in [0.3, 0.4) is 0 Å². The average molecular weight is 410 g/mol. The van der Waals surface area contributed by atoms with E-state index in [0.29, 0.717) is 18.2 Å². The van der Waals surface area contributed by atoms with Gasteiger partial charge in [0.15, 0.2) is 5.82 Å². The number of nitrogens with zero attached hydrogens (tertiary/aromatic N) is 4. The summed E-state index contributed by atoms with van der Waals surface area (Å²) in [4.78, 5) is 12.4. The number of rotatable bonds is 7. The lowest BCUT2D eigenvalue weighted by Gasteiger charge is -2.22. The predicted molar refractivity (Wildman–Crippen MR) is 115 cm³/mol. The summed E-state index contributed by atoms with van der Waals surface area (Å²) in [5, 5.41) is 12.7. The van der Waals surface area contributed by atoms with Crippen molar-refractivity contribution in [3.05, 3.63) is 65.7 Å². The van der Waals surface area contributed by atoms with Crippen LogP contribution < -0.4 is 5.32 Å². The van der Waals surface area contributed by atoms with Gasteiger partial charge in [0.05, 0.1) is 5.75 Å². The number of nitrogens with one attached hydrogen (secondary N) is 1. The third kappa shape index (κ3) is 4.90. The number of amides is 1. The van der Waals surface area contributed by atoms with Crippen LogP contribution in [-0.4, -0.2) is 31.2 Å². The Morgan fingerprint density at radius 3 is 2.55 bits per heavy atom. The van der Waals surface area contributed by atoms with Crippen LogP contribution in [0.2, 0.25) is 0 Å². The van der Waals surface area contributed by atoms with Crippen molar-refractivity contribution in [1.29, 1.82) is 0 Å². The van der Waals surface area contributed by atoms with Gasteiger partial charge in [0, 0.05) is 24.9 Å². The fraction of sp³-hybridized carbons (Fsp3) is 0.409. The molecule has 4 rings (SSSR count). The number of benzene rings is 1. The maximum absolute atomic E-state index is 12.4. The first-order valence-corrected chi connectivity index (χ1v) is 11.2. The summed E-state index contributed by atoms with van der Waals surface area (Å²) in [7, 11) is 0. The highest BCUT2D eigenvalue weighted by molar-refractivity contribution is 7.99. The van der Waals surface area contributed by atoms with Crippen molar-refractivity contribution in [2.75, 3.05) is 5.75 Å². The Bertz CT molecular complexity index is 927. The van der Waals surface area contributed by atoms with Gasteiger partial charge in [-0.3, -0.25) is 9.47 Å². The molecule has 1 N–H and O–H groups in total. The van der Waals surface area contributed by atoms with Crippen molar-refractivity contribution >= 4 is 17.7 Å². The van der Waals surface area contributed by atoms with E-state index in [-0.39, 0.29) is 5.91 Å². The molecule has 0 unspecified atom stereocenters. The molecule has 0 saturated heterocycles. The molecule has 152 valence electrons. The topological polar surface area (TPSA) is 64.7 Å². The third-order valence-electron chi connectivity index (χ3n) is 5.37. The van der Waals surface area contributed by atoms with Crippen molar-refractivity contribution in [2.24, 2.45) is 0 Å². The Labute approximate surface area is 175 Å². The van der Waals surface area contributed by atoms with Gasteiger partial charge in [-0.2, -0.15) is 0 Å². The molecule has 2 heterocycles. The Morgan fingerprint density at radius 1 is 1.10 bits per heavy atom. The molecule has 29 heavy (non-hydrogen) atoms. The monoisotopic (exact) mass is 409 g/mol. The first-order chi connectivity index (χ1) is 14.2. The largest absolute Gasteiger partial charge is 0.351 e. The third-order valence-corrected chi connectivity index (χ3v) is 6.29. The lowest BCUT2D eigenvalue weighted by atomic mass is 9.89. The zero-order valence-electron chi connectivity index (χ0n) is 16.8. The second-order valence-corrected chi connectivity index (χ2v) is 8.54. The molecular formula is C22H27N5OS. The molecule has 7 heteroatoms. The molecule has 1 aliphatic rings. The molecule has 0 aliphatic heterocycles. The Kier molecular flexibility index (Phi) is 6.34. The highest BCUT2D eigenvalue weighted by atomic mass is 32.2. The SMILES string of the molecule is Cc1ccc(CNC(=O)CSc2nnc(C3CCCCC3)n2-n2cccc2)cc1. The molecule has 1 aliphatic carbocycles. The molecule has 0 spiro atoms. The Balaban J connectivity index is 1.42. The molecule has 0 radical (unpaired) electrons. The summed E-state index contributed by atoms with van der Waals surface area (Å²) >= 11 is 1.43. The van der Waals surface area contributed by atoms with E-state index < -0.39 is 0 Å². The summed E-state index contributed by atoms with van der Waals surface area (Å²) in [6.45, 7) is 2.60. The minimum Gasteiger partial charge on any atom is -0.351 e. The number of carbonyl (C=O) groups excluding carboxylic acids is 1. The molecular weight excluding hydrogens is 382 g/mol. The van der Waals surface area contributed by atoms with Gasteiger partial charge in [-0.15, -0.1) is 10.2 Å². The van der Waals surface area contributed by atoms with Crippen LogP contribution in [0.15, 0.2) is 53.9 Å². The standard InChI is InChI=1S/C22H27N5OS/c1-17-9-11-18(12-10-17)15-23-20(28)16-29-22-25-24-21(19-7-3-2-4-8-19)27(22)26-13-5-6-14-26/h5-6,9-14,19H,2-4,7-8,15-16H2,1H3,(H,23,28). The minimum absolute atomic E-state index is 0.00292. The fourth-order valence-electron chi connectivity index (χ4n) is 3.75. The average Bonchev–Trinajstić information content (AvgIpc) is 3.42. The predicted octanol–water partition coefficient (Wildman–Crippen LogP) is 4.16. The molecule has 0 atom stereocenters. The number of thioether (sulfide) groups is 1. The van der Waals surface area contributed by atoms with E-state index in [9.17, 15) is 4.79 Å². The molecule has 1 fully saturated rings. The molecule has 3 aromatic rings. The number of aryl methyl sites for hydroxylation is 1. The van der Waals surface area contributed by atoms with E-state index in [4.69, 9.17) is 0 Å². The van der Waals surface area contributed by atoms with E-state index in [1.54, 1.807) is 0 Å². The highest BCUT2D eigenvalue weighted by Gasteiger charge is 2.24. The molecule has 1 aromatic carbocycles. The molecule has 0 bridgehead atoms. The van der Waals surface area contributed by atoms with Crippen LogP contribution in [0.1, 0.15) is 55.0 Å². The van der Waals surface area contributed by atoms with Gasteiger partial charge in [-0.05, 0) is 37.5 Å². The van der Waals surface area contributed by atoms with Gasteiger partial charge in [0.25, 0.3) is 0 Å². The van der Waals surface area contributed by atoms with Gasteiger partial charge in [-0.25, -0.2) is 4.68 Å². The van der Waals surface area contributed by atoms with Crippen LogP contribution in [0, 0.1) is 6.92 Å². The smallest absolute Gasteiger partial charge is 0.230 e. The van der Waals surface area contributed by atoms with Crippen molar-refractivity contribution in [3.8, 4) is 0 Å². The second kappa shape index (κ2) is 9.31. The van der Waals surface area contributed by atoms with Crippen molar-refractivity contribution < 1.29 is 4.79 Å². The highest BCUT2D eigenvalue weighted by Crippen LogP contribution is 2.33. The van der Waals surface area contributed by atoms with Crippen molar-refractivity contribution in [3.63, 3.8) is 0 Å². The van der Waals surface area contributed by atoms with Gasteiger partial charge in [0.2, 0.25) is 11.1 Å². The zero-order chi connectivity index (χ0) is 20.1. The van der Waals surface area contributed by atoms with E-state index in [0.717, 1.165) is 29.4 Å². The number of aromatic nitrogens is 4. The summed E-state index contributed by atoms with van der Waals surface area (Å²) in [6, 6.07) is 12.2. The van der Waals surface area contributed by atoms with Crippen LogP contribution in [0.4, 0.5) is 0 Å². The summed E-state index contributed by atoms with van der Waals surface area (Å²) < 4.78 is 4.07. The van der Waals surface area contributed by atoms with Crippen LogP contribution in [-0.2, 0) is 11.3 Å². The number of hydrogen-bond donors (Lipinski definition) is 1. The van der Waals surface area contributed by atoms with E-state index in [1.807, 2.05) is 41.3 Å². The first-order valence-electron chi connectivity index (χ1n) is 10.2. The summed E-state index contributed by atoms with van der Waals surface area (Å²) in [6.07, 6.45) is 10.1. The molecule has 2 aromatic heterocycles. The van der Waals surface area contributed by atoms with Gasteiger partial charge in [-0.1, -0.05) is 60.9 Å². The van der Waals surface area contributed by atoms with Crippen molar-refractivity contribution in [1.82, 2.24) is 24.9 Å². The van der Waals surface area contributed by atoms with Crippen LogP contribution >= 0.6 is 11.8 Å². The summed E-state index contributed by atoms with van der Waals surface area (Å²) in [5.74, 6) is 1.75. The van der Waals surface area contributed by atoms with Gasteiger partial charge >= 0.3 is 0 Å². The maximum Gasteiger partial charge on any atom is 0.230 e. The molecule has 1 amide bonds. The molecule has 1 saturated carbocycles. The fourth-order valence-corrected chi connectivity index (χ4v) is 4.52. The Hall–Kier alpha value is -2.54. The van der Waals surface area contributed by atoms with E-state index in [2.05, 4.69) is 39.2 Å². The van der Waals surface area contributed by atoms with Gasteiger partial charge in [0.1, 0.15) is 0 Å². The summed E-state index contributed by atoms with van der Waals surface area (Å²) in [5.41, 5.74) is 2.32. The quantitative estimate of drug-likeness (QED) is 0.595. The number of carbonyl (C=O) groups is 1. The lowest BCUT2D eigenvalue weighted by molar-refractivity contribution is -0.118. The number of hydrogen-bond acceptors (Lipinski definition) is 4. The maximum atomic E-state index is 12.4. The normalized spacial score (nSPS) is 14.8.